The third kappa shape index (κ3) is 6.23. The van der Waals surface area contributed by atoms with Gasteiger partial charge in [-0.05, 0) is 68.4 Å². The molecule has 31 heavy (non-hydrogen) atoms. The maximum Gasteiger partial charge on any atom is 0.265 e. The number of para-hydroxylation sites is 1. The second-order valence-corrected chi connectivity index (χ2v) is 7.08. The molecule has 0 spiro atoms. The number of hydrogen-bond donors (Lipinski definition) is 2. The first-order chi connectivity index (χ1) is 15.0. The summed E-state index contributed by atoms with van der Waals surface area (Å²) in [5.41, 5.74) is 1.30. The van der Waals surface area contributed by atoms with E-state index in [0.717, 1.165) is 5.75 Å². The van der Waals surface area contributed by atoms with Gasteiger partial charge in [0.25, 0.3) is 11.8 Å². The topological polar surface area (TPSA) is 76.7 Å². The zero-order chi connectivity index (χ0) is 22.2. The molecule has 1 atom stereocenters. The zero-order valence-corrected chi connectivity index (χ0v) is 18.0. The number of ether oxygens (including phenoxy) is 2. The van der Waals surface area contributed by atoms with Crippen molar-refractivity contribution in [3.05, 3.63) is 83.4 Å². The van der Waals surface area contributed by atoms with E-state index in [1.165, 1.54) is 6.07 Å². The lowest BCUT2D eigenvalue weighted by atomic mass is 10.1. The number of nitrogens with one attached hydrogen (secondary N) is 2. The van der Waals surface area contributed by atoms with Crippen LogP contribution in [-0.4, -0.2) is 24.5 Å². The van der Waals surface area contributed by atoms with Crippen LogP contribution in [0.1, 0.15) is 24.2 Å². The first-order valence-corrected chi connectivity index (χ1v) is 10.2. The summed E-state index contributed by atoms with van der Waals surface area (Å²) in [6, 6.07) is 20.8. The minimum absolute atomic E-state index is 0.317. The molecule has 0 saturated carbocycles. The highest BCUT2D eigenvalue weighted by molar-refractivity contribution is 6.34. The van der Waals surface area contributed by atoms with E-state index >= 15 is 0 Å². The maximum absolute atomic E-state index is 12.6. The van der Waals surface area contributed by atoms with Crippen LogP contribution in [-0.2, 0) is 4.79 Å². The number of carbonyl (C=O) groups excluding carboxylic acids is 2. The molecule has 3 rings (SSSR count). The van der Waals surface area contributed by atoms with Crippen LogP contribution in [0.3, 0.4) is 0 Å². The van der Waals surface area contributed by atoms with Gasteiger partial charge >= 0.3 is 0 Å². The van der Waals surface area contributed by atoms with Crippen molar-refractivity contribution in [1.82, 2.24) is 0 Å². The summed E-state index contributed by atoms with van der Waals surface area (Å²) >= 11 is 6.22. The van der Waals surface area contributed by atoms with Crippen molar-refractivity contribution in [3.8, 4) is 11.5 Å². The SMILES string of the molecule is CCOc1ccc(NC(=O)c2ccc(Cl)c(NC(=O)[C@@H](C)Oc3ccccc3)c2)cc1. The molecule has 0 heterocycles. The molecular formula is C24H23ClN2O4. The zero-order valence-electron chi connectivity index (χ0n) is 17.2. The second kappa shape index (κ2) is 10.5. The Morgan fingerprint density at radius 1 is 0.935 bits per heavy atom. The van der Waals surface area contributed by atoms with Gasteiger partial charge < -0.3 is 20.1 Å². The monoisotopic (exact) mass is 438 g/mol. The molecule has 6 nitrogen and oxygen atoms in total. The summed E-state index contributed by atoms with van der Waals surface area (Å²) in [6.07, 6.45) is -0.750. The Balaban J connectivity index is 1.66. The van der Waals surface area contributed by atoms with Gasteiger partial charge in [-0.3, -0.25) is 9.59 Å². The van der Waals surface area contributed by atoms with Gasteiger partial charge in [-0.2, -0.15) is 0 Å². The van der Waals surface area contributed by atoms with Crippen LogP contribution in [0, 0.1) is 0 Å². The standard InChI is InChI=1S/C24H23ClN2O4/c1-3-30-19-12-10-18(11-13-19)26-24(29)17-9-14-21(25)22(15-17)27-23(28)16(2)31-20-7-5-4-6-8-20/h4-16H,3H2,1-2H3,(H,26,29)(H,27,28)/t16-/m1/s1. The van der Waals surface area contributed by atoms with E-state index in [1.807, 2.05) is 25.1 Å². The van der Waals surface area contributed by atoms with Gasteiger partial charge in [0.1, 0.15) is 11.5 Å². The fourth-order valence-corrected chi connectivity index (χ4v) is 2.92. The summed E-state index contributed by atoms with van der Waals surface area (Å²) in [5.74, 6) is 0.600. The van der Waals surface area contributed by atoms with Crippen LogP contribution >= 0.6 is 11.6 Å². The average Bonchev–Trinajstić information content (AvgIpc) is 2.77. The average molecular weight is 439 g/mol. The summed E-state index contributed by atoms with van der Waals surface area (Å²) in [4.78, 5) is 25.1. The van der Waals surface area contributed by atoms with Gasteiger partial charge in [-0.15, -0.1) is 0 Å². The van der Waals surface area contributed by atoms with E-state index in [-0.39, 0.29) is 11.8 Å². The van der Waals surface area contributed by atoms with Crippen molar-refractivity contribution in [2.24, 2.45) is 0 Å². The molecule has 0 radical (unpaired) electrons. The molecular weight excluding hydrogens is 416 g/mol. The first kappa shape index (κ1) is 22.2. The highest BCUT2D eigenvalue weighted by atomic mass is 35.5. The highest BCUT2D eigenvalue weighted by Crippen LogP contribution is 2.25. The predicted molar refractivity (Wildman–Crippen MR) is 122 cm³/mol. The molecule has 2 N–H and O–H groups in total. The molecule has 0 fully saturated rings. The van der Waals surface area contributed by atoms with E-state index in [9.17, 15) is 9.59 Å². The van der Waals surface area contributed by atoms with E-state index < -0.39 is 6.10 Å². The van der Waals surface area contributed by atoms with Gasteiger partial charge in [0.2, 0.25) is 0 Å². The molecule has 0 aliphatic carbocycles. The Hall–Kier alpha value is -3.51. The lowest BCUT2D eigenvalue weighted by Crippen LogP contribution is -2.30. The van der Waals surface area contributed by atoms with Crippen LogP contribution in [0.5, 0.6) is 11.5 Å². The molecule has 0 saturated heterocycles. The van der Waals surface area contributed by atoms with Gasteiger partial charge in [-0.25, -0.2) is 0 Å². The maximum atomic E-state index is 12.6. The van der Waals surface area contributed by atoms with Gasteiger partial charge in [0, 0.05) is 11.3 Å². The predicted octanol–water partition coefficient (Wildman–Crippen LogP) is 5.40. The minimum Gasteiger partial charge on any atom is -0.494 e. The van der Waals surface area contributed by atoms with Crippen LogP contribution in [0.15, 0.2) is 72.8 Å². The van der Waals surface area contributed by atoms with Crippen molar-refractivity contribution in [3.63, 3.8) is 0 Å². The van der Waals surface area contributed by atoms with Crippen LogP contribution in [0.4, 0.5) is 11.4 Å². The number of amides is 2. The molecule has 0 unspecified atom stereocenters. The Bertz CT molecular complexity index is 1040. The van der Waals surface area contributed by atoms with E-state index in [2.05, 4.69) is 10.6 Å². The summed E-state index contributed by atoms with van der Waals surface area (Å²) < 4.78 is 11.0. The number of anilines is 2. The van der Waals surface area contributed by atoms with E-state index in [4.69, 9.17) is 21.1 Å². The molecule has 2 amide bonds. The lowest BCUT2D eigenvalue weighted by molar-refractivity contribution is -0.122. The largest absolute Gasteiger partial charge is 0.494 e. The Kier molecular flexibility index (Phi) is 7.51. The number of carbonyl (C=O) groups is 2. The van der Waals surface area contributed by atoms with Crippen molar-refractivity contribution >= 4 is 34.8 Å². The minimum atomic E-state index is -0.750. The fraction of sp³-hybridized carbons (Fsp3) is 0.167. The molecule has 0 bridgehead atoms. The Morgan fingerprint density at radius 3 is 2.32 bits per heavy atom. The second-order valence-electron chi connectivity index (χ2n) is 6.67. The number of hydrogen-bond acceptors (Lipinski definition) is 4. The summed E-state index contributed by atoms with van der Waals surface area (Å²) in [5, 5.41) is 5.84. The molecule has 3 aromatic rings. The Labute approximate surface area is 186 Å². The van der Waals surface area contributed by atoms with Crippen LogP contribution in [0.25, 0.3) is 0 Å². The molecule has 0 aliphatic heterocycles. The molecule has 160 valence electrons. The van der Waals surface area contributed by atoms with E-state index in [1.54, 1.807) is 55.5 Å². The quantitative estimate of drug-likeness (QED) is 0.494. The number of rotatable bonds is 8. The van der Waals surface area contributed by atoms with Crippen molar-refractivity contribution in [1.29, 1.82) is 0 Å². The summed E-state index contributed by atoms with van der Waals surface area (Å²) in [6.45, 7) is 4.11. The van der Waals surface area contributed by atoms with Crippen molar-refractivity contribution in [2.75, 3.05) is 17.2 Å². The molecule has 0 aliphatic rings. The first-order valence-electron chi connectivity index (χ1n) is 9.82. The van der Waals surface area contributed by atoms with Crippen molar-refractivity contribution < 1.29 is 19.1 Å². The van der Waals surface area contributed by atoms with Crippen LogP contribution in [0.2, 0.25) is 5.02 Å². The number of benzene rings is 3. The third-order valence-electron chi connectivity index (χ3n) is 4.33. The number of halogens is 1. The van der Waals surface area contributed by atoms with Gasteiger partial charge in [0.15, 0.2) is 6.10 Å². The molecule has 7 heteroatoms. The Morgan fingerprint density at radius 2 is 1.65 bits per heavy atom. The summed E-state index contributed by atoms with van der Waals surface area (Å²) in [7, 11) is 0. The molecule has 3 aromatic carbocycles. The van der Waals surface area contributed by atoms with Crippen molar-refractivity contribution in [2.45, 2.75) is 20.0 Å². The third-order valence-corrected chi connectivity index (χ3v) is 4.66. The smallest absolute Gasteiger partial charge is 0.265 e. The van der Waals surface area contributed by atoms with Gasteiger partial charge in [0.05, 0.1) is 17.3 Å². The highest BCUT2D eigenvalue weighted by Gasteiger charge is 2.17. The lowest BCUT2D eigenvalue weighted by Gasteiger charge is -2.16. The fourth-order valence-electron chi connectivity index (χ4n) is 2.76. The van der Waals surface area contributed by atoms with E-state index in [0.29, 0.717) is 34.3 Å². The van der Waals surface area contributed by atoms with Gasteiger partial charge in [-0.1, -0.05) is 29.8 Å². The van der Waals surface area contributed by atoms with Crippen LogP contribution < -0.4 is 20.1 Å². The normalized spacial score (nSPS) is 11.3. The molecule has 0 aromatic heterocycles.